The van der Waals surface area contributed by atoms with Gasteiger partial charge in [-0.25, -0.2) is 29.6 Å². The largest absolute Gasteiger partial charge is 0.490 e. The molecule has 0 bridgehead atoms. The van der Waals surface area contributed by atoms with Gasteiger partial charge in [0.1, 0.15) is 5.82 Å². The highest BCUT2D eigenvalue weighted by Crippen LogP contribution is 2.34. The molecule has 13 nitrogen and oxygen atoms in total. The minimum Gasteiger partial charge on any atom is -0.490 e. The van der Waals surface area contributed by atoms with Crippen molar-refractivity contribution in [3.63, 3.8) is 0 Å². The van der Waals surface area contributed by atoms with Crippen LogP contribution in [-0.2, 0) is 30.1 Å². The zero-order valence-corrected chi connectivity index (χ0v) is 62.1. The molecule has 1 aliphatic heterocycles. The van der Waals surface area contributed by atoms with Crippen LogP contribution in [-0.4, -0.2) is 104 Å². The van der Waals surface area contributed by atoms with E-state index < -0.39 is 35.9 Å². The molecule has 0 aliphatic carbocycles. The summed E-state index contributed by atoms with van der Waals surface area (Å²) < 4.78 is 132. The maximum Gasteiger partial charge on any atom is 0.243 e. The van der Waals surface area contributed by atoms with Gasteiger partial charge in [0.2, 0.25) is 30.1 Å². The highest BCUT2D eigenvalue weighted by molar-refractivity contribution is 7.89. The van der Waals surface area contributed by atoms with E-state index in [1.165, 1.54) is 205 Å². The van der Waals surface area contributed by atoms with Crippen LogP contribution in [0.15, 0.2) is 112 Å². The summed E-state index contributed by atoms with van der Waals surface area (Å²) in [6, 6.07) is 14.1. The van der Waals surface area contributed by atoms with E-state index in [0.29, 0.717) is 49.4 Å². The molecule has 17 heteroatoms. The van der Waals surface area contributed by atoms with Gasteiger partial charge < -0.3 is 18.9 Å². The van der Waals surface area contributed by atoms with E-state index in [4.69, 9.17) is 18.9 Å². The van der Waals surface area contributed by atoms with Crippen LogP contribution < -0.4 is 18.9 Å². The Kier molecular flexibility index (Phi) is 45.4. The number of hydrogen-bond acceptors (Lipinski definition) is 10. The van der Waals surface area contributed by atoms with Crippen molar-refractivity contribution >= 4 is 30.1 Å². The normalized spacial score (nSPS) is 15.3. The quantitative estimate of drug-likeness (QED) is 0.0395. The first kappa shape index (κ1) is 83.2. The lowest BCUT2D eigenvalue weighted by Crippen LogP contribution is -2.33. The Hall–Kier alpha value is -4.26. The van der Waals surface area contributed by atoms with E-state index in [1.807, 2.05) is 0 Å². The van der Waals surface area contributed by atoms with Crippen molar-refractivity contribution in [1.29, 1.82) is 0 Å². The fourth-order valence-electron chi connectivity index (χ4n) is 11.9. The predicted molar refractivity (Wildman–Crippen MR) is 392 cm³/mol. The van der Waals surface area contributed by atoms with E-state index in [0.717, 1.165) is 89.2 Å². The molecule has 1 heterocycles. The van der Waals surface area contributed by atoms with Gasteiger partial charge in [-0.3, -0.25) is 0 Å². The Morgan fingerprint density at radius 3 is 0.716 bits per heavy atom. The van der Waals surface area contributed by atoms with Gasteiger partial charge >= 0.3 is 0 Å². The average Bonchev–Trinajstić information content (AvgIpc) is 0.980. The SMILES string of the molecule is CCCCCCCCCCCCOc1ccc(S(=O)(=O)N2C/C=C/CN(S(=O)(=O)c3ccc(F)cc3)C/C=C/CN(S(=O)(=O)c3ccc(OCCCCCCCCCCCC)c(OCCCCCCCCCCCC)c3)C/C=C/C2)cc1OCCCCCCCCCCCC. The molecule has 4 rings (SSSR count). The van der Waals surface area contributed by atoms with E-state index in [-0.39, 0.29) is 54.0 Å². The molecule has 3 aromatic rings. The van der Waals surface area contributed by atoms with Crippen LogP contribution >= 0.6 is 0 Å². The maximum absolute atomic E-state index is 15.0. The standard InChI is InChI=1S/C78H128FN3O10S3/c1-5-9-13-17-21-25-29-33-37-47-65-89-75-57-55-73(69-77(75)91-67-49-39-35-31-27-23-19-15-11-7-3)94(85,86)81-61-43-41-59-80(93(83,84)72-53-51-71(79)52-54-72)60-42-44-62-82(64-46-45-63-81)95(87,88)74-56-58-76(90-66-48-38-34-30-26-22-18-14-10-6-2)78(70-74)92-68-50-40-36-32-28-24-20-16-12-8-4/h41-46,51-58,69-70H,5-40,47-50,59-68H2,1-4H3/b43-41+,44-42+,46-45+. The van der Waals surface area contributed by atoms with Crippen LogP contribution in [0.1, 0.15) is 285 Å². The van der Waals surface area contributed by atoms with Gasteiger partial charge in [0.05, 0.1) is 41.1 Å². The van der Waals surface area contributed by atoms with Gasteiger partial charge in [0, 0.05) is 51.4 Å². The molecule has 0 atom stereocenters. The third-order valence-corrected chi connectivity index (χ3v) is 23.4. The number of nitrogens with zero attached hydrogens (tertiary/aromatic N) is 3. The molecule has 0 unspecified atom stereocenters. The number of ether oxygens (including phenoxy) is 4. The summed E-state index contributed by atoms with van der Waals surface area (Å²) in [5, 5.41) is 0. The topological polar surface area (TPSA) is 149 Å². The molecular formula is C78H128FN3O10S3. The third kappa shape index (κ3) is 34.9. The Morgan fingerprint density at radius 1 is 0.274 bits per heavy atom. The van der Waals surface area contributed by atoms with Crippen molar-refractivity contribution in [2.45, 2.75) is 299 Å². The monoisotopic (exact) mass is 1380 g/mol. The second-order valence-corrected chi connectivity index (χ2v) is 32.0. The highest BCUT2D eigenvalue weighted by atomic mass is 32.2. The molecule has 0 radical (unpaired) electrons. The second kappa shape index (κ2) is 51.9. The molecule has 0 saturated carbocycles. The summed E-state index contributed by atoms with van der Waals surface area (Å²) in [6.07, 6.45) is 57.0. The summed E-state index contributed by atoms with van der Waals surface area (Å²) in [5.41, 5.74) is 0. The summed E-state index contributed by atoms with van der Waals surface area (Å²) in [6.45, 7) is 9.83. The van der Waals surface area contributed by atoms with Gasteiger partial charge in [0.25, 0.3) is 0 Å². The number of halogens is 1. The van der Waals surface area contributed by atoms with Gasteiger partial charge in [-0.2, -0.15) is 12.9 Å². The van der Waals surface area contributed by atoms with Crippen molar-refractivity contribution in [3.05, 3.63) is 103 Å². The van der Waals surface area contributed by atoms with Gasteiger partial charge in [-0.05, 0) is 74.2 Å². The predicted octanol–water partition coefficient (Wildman–Crippen LogP) is 21.1. The Balaban J connectivity index is 1.61. The van der Waals surface area contributed by atoms with Crippen molar-refractivity contribution in [2.75, 3.05) is 65.7 Å². The summed E-state index contributed by atoms with van der Waals surface area (Å²) in [7, 11) is -12.8. The molecule has 0 fully saturated rings. The smallest absolute Gasteiger partial charge is 0.243 e. The summed E-state index contributed by atoms with van der Waals surface area (Å²) in [5.74, 6) is 1.10. The molecule has 0 saturated heterocycles. The Labute approximate surface area is 579 Å². The van der Waals surface area contributed by atoms with Gasteiger partial charge in [-0.15, -0.1) is 0 Å². The zero-order chi connectivity index (χ0) is 68.3. The van der Waals surface area contributed by atoms with Crippen LogP contribution in [0.25, 0.3) is 0 Å². The van der Waals surface area contributed by atoms with Gasteiger partial charge in [-0.1, -0.05) is 295 Å². The van der Waals surface area contributed by atoms with E-state index in [1.54, 1.807) is 72.9 Å². The molecule has 3 aromatic carbocycles. The molecule has 95 heavy (non-hydrogen) atoms. The number of benzene rings is 3. The molecule has 1 aliphatic rings. The lowest BCUT2D eigenvalue weighted by Gasteiger charge is -2.22. The van der Waals surface area contributed by atoms with E-state index >= 15 is 16.8 Å². The first-order valence-corrected chi connectivity index (χ1v) is 42.1. The van der Waals surface area contributed by atoms with Crippen molar-refractivity contribution < 1.29 is 48.6 Å². The van der Waals surface area contributed by atoms with Crippen LogP contribution in [0.5, 0.6) is 23.0 Å². The minimum atomic E-state index is -4.28. The minimum absolute atomic E-state index is 0.00221. The van der Waals surface area contributed by atoms with E-state index in [9.17, 15) is 12.8 Å². The molecule has 0 aromatic heterocycles. The second-order valence-electron chi connectivity index (χ2n) is 26.2. The number of unbranched alkanes of at least 4 members (excludes halogenated alkanes) is 36. The lowest BCUT2D eigenvalue weighted by atomic mass is 10.1. The fourth-order valence-corrected chi connectivity index (χ4v) is 15.9. The van der Waals surface area contributed by atoms with Crippen molar-refractivity contribution in [1.82, 2.24) is 12.9 Å². The van der Waals surface area contributed by atoms with Crippen LogP contribution in [0, 0.1) is 5.82 Å². The van der Waals surface area contributed by atoms with Crippen LogP contribution in [0.3, 0.4) is 0 Å². The fraction of sp³-hybridized carbons (Fsp3) is 0.692. The summed E-state index contributed by atoms with van der Waals surface area (Å²) >= 11 is 0. The highest BCUT2D eigenvalue weighted by Gasteiger charge is 2.28. The average molecular weight is 1380 g/mol. The number of rotatable bonds is 54. The zero-order valence-electron chi connectivity index (χ0n) is 59.6. The molecule has 0 spiro atoms. The Morgan fingerprint density at radius 2 is 0.474 bits per heavy atom. The van der Waals surface area contributed by atoms with Gasteiger partial charge in [0.15, 0.2) is 23.0 Å². The lowest BCUT2D eigenvalue weighted by molar-refractivity contribution is 0.257. The molecule has 0 amide bonds. The molecular weight excluding hydrogens is 1250 g/mol. The van der Waals surface area contributed by atoms with Crippen molar-refractivity contribution in [2.24, 2.45) is 0 Å². The number of hydrogen-bond donors (Lipinski definition) is 0. The van der Waals surface area contributed by atoms with Crippen LogP contribution in [0.2, 0.25) is 0 Å². The molecule has 540 valence electrons. The first-order chi connectivity index (χ1) is 46.3. The van der Waals surface area contributed by atoms with Crippen LogP contribution in [0.4, 0.5) is 4.39 Å². The van der Waals surface area contributed by atoms with Crippen molar-refractivity contribution in [3.8, 4) is 23.0 Å². The first-order valence-electron chi connectivity index (χ1n) is 37.8. The number of sulfonamides is 3. The Bertz CT molecular complexity index is 2730. The maximum atomic E-state index is 15.0. The summed E-state index contributed by atoms with van der Waals surface area (Å²) in [4.78, 5) is -0.129. The third-order valence-electron chi connectivity index (χ3n) is 17.9. The van der Waals surface area contributed by atoms with E-state index in [2.05, 4.69) is 27.7 Å². The molecule has 0 N–H and O–H groups in total.